The van der Waals surface area contributed by atoms with Crippen molar-refractivity contribution in [2.45, 2.75) is 91.8 Å². The minimum atomic E-state index is -0.462. The maximum atomic E-state index is 12.3. The van der Waals surface area contributed by atoms with E-state index in [9.17, 15) is 4.79 Å². The summed E-state index contributed by atoms with van der Waals surface area (Å²) in [4.78, 5) is 14.1. The van der Waals surface area contributed by atoms with Crippen molar-refractivity contribution in [2.75, 3.05) is 18.4 Å². The van der Waals surface area contributed by atoms with E-state index in [2.05, 4.69) is 71.3 Å². The first-order valence-corrected chi connectivity index (χ1v) is 14.0. The zero-order valence-electron chi connectivity index (χ0n) is 23.7. The topological polar surface area (TPSA) is 88.1 Å². The molecule has 2 aromatic heterocycles. The van der Waals surface area contributed by atoms with Crippen LogP contribution in [0.5, 0.6) is 0 Å². The highest BCUT2D eigenvalue weighted by atomic mass is 16.6. The smallest absolute Gasteiger partial charge is 0.410 e. The molecule has 1 saturated heterocycles. The van der Waals surface area contributed by atoms with Crippen LogP contribution in [0, 0.1) is 5.41 Å². The molecule has 2 N–H and O–H groups in total. The number of aromatic nitrogens is 4. The number of benzene rings is 1. The van der Waals surface area contributed by atoms with Gasteiger partial charge >= 0.3 is 6.09 Å². The van der Waals surface area contributed by atoms with Gasteiger partial charge in [0.1, 0.15) is 11.3 Å². The lowest BCUT2D eigenvalue weighted by Gasteiger charge is -2.34. The number of rotatable bonds is 5. The highest BCUT2D eigenvalue weighted by Gasteiger charge is 2.31. The molecule has 1 fully saturated rings. The number of aryl methyl sites for hydroxylation is 1. The number of ether oxygens (including phenoxy) is 1. The Morgan fingerprint density at radius 1 is 1.18 bits per heavy atom. The molecule has 0 bridgehead atoms. The molecule has 8 nitrogen and oxygen atoms in total. The maximum absolute atomic E-state index is 12.3. The van der Waals surface area contributed by atoms with E-state index in [1.807, 2.05) is 25.7 Å². The molecular weight excluding hydrogens is 476 g/mol. The number of amides is 1. The molecule has 3 aromatic rings. The monoisotopic (exact) mass is 518 g/mol. The fourth-order valence-corrected chi connectivity index (χ4v) is 5.57. The fourth-order valence-electron chi connectivity index (χ4n) is 5.57. The van der Waals surface area contributed by atoms with Crippen LogP contribution < -0.4 is 5.32 Å². The van der Waals surface area contributed by atoms with Gasteiger partial charge in [0, 0.05) is 48.2 Å². The van der Waals surface area contributed by atoms with Crippen molar-refractivity contribution in [3.05, 3.63) is 41.6 Å². The van der Waals surface area contributed by atoms with Gasteiger partial charge in [-0.2, -0.15) is 10.2 Å². The lowest BCUT2D eigenvalue weighted by Crippen LogP contribution is -2.44. The molecule has 0 saturated carbocycles. The van der Waals surface area contributed by atoms with Crippen molar-refractivity contribution in [2.24, 2.45) is 5.41 Å². The van der Waals surface area contributed by atoms with Gasteiger partial charge in [0.2, 0.25) is 0 Å². The number of fused-ring (bicyclic) bond motifs is 1. The van der Waals surface area contributed by atoms with Crippen LogP contribution in [0.4, 0.5) is 10.5 Å². The van der Waals surface area contributed by atoms with Crippen LogP contribution in [0.2, 0.25) is 0 Å². The Balaban J connectivity index is 1.22. The standard InChI is InChI=1S/C30H42N6O2/c1-7-36-26-19-30(5,6)15-12-23(26)27(34-36)25-18-24(32-33-25)20-8-10-21(11-9-20)31-22-13-16-35(17-14-22)28(37)38-29(2,3)4/h8-11,18,22,31H,7,12-17,19H2,1-6H3,(H,32,33). The summed E-state index contributed by atoms with van der Waals surface area (Å²) < 4.78 is 7.68. The van der Waals surface area contributed by atoms with Gasteiger partial charge in [0.05, 0.1) is 11.4 Å². The van der Waals surface area contributed by atoms with E-state index < -0.39 is 5.60 Å². The SMILES string of the molecule is CCn1nc(-c2cc(-c3ccc(NC4CCN(C(=O)OC(C)(C)C)CC4)cc3)n[nH]2)c2c1CC(C)(C)CC2. The second-order valence-corrected chi connectivity index (χ2v) is 12.6. The Bertz CT molecular complexity index is 1270. The number of hydrogen-bond acceptors (Lipinski definition) is 5. The lowest BCUT2D eigenvalue weighted by atomic mass is 9.76. The van der Waals surface area contributed by atoms with Gasteiger partial charge in [0.15, 0.2) is 0 Å². The zero-order valence-corrected chi connectivity index (χ0v) is 23.7. The summed E-state index contributed by atoms with van der Waals surface area (Å²) >= 11 is 0. The van der Waals surface area contributed by atoms with Crippen LogP contribution in [-0.2, 0) is 24.1 Å². The van der Waals surface area contributed by atoms with Gasteiger partial charge < -0.3 is 15.0 Å². The molecule has 8 heteroatoms. The number of H-pyrrole nitrogens is 1. The Kier molecular flexibility index (Phi) is 7.01. The molecule has 0 atom stereocenters. The predicted molar refractivity (Wildman–Crippen MR) is 151 cm³/mol. The largest absolute Gasteiger partial charge is 0.444 e. The number of hydrogen-bond donors (Lipinski definition) is 2. The summed E-state index contributed by atoms with van der Waals surface area (Å²) in [7, 11) is 0. The molecule has 0 radical (unpaired) electrons. The van der Waals surface area contributed by atoms with Crippen molar-refractivity contribution in [3.63, 3.8) is 0 Å². The van der Waals surface area contributed by atoms with Gasteiger partial charge in [0.25, 0.3) is 0 Å². The van der Waals surface area contributed by atoms with Crippen molar-refractivity contribution in [1.82, 2.24) is 24.9 Å². The highest BCUT2D eigenvalue weighted by molar-refractivity contribution is 5.70. The Morgan fingerprint density at radius 2 is 1.89 bits per heavy atom. The van der Waals surface area contributed by atoms with Crippen LogP contribution >= 0.6 is 0 Å². The van der Waals surface area contributed by atoms with E-state index in [0.29, 0.717) is 24.5 Å². The van der Waals surface area contributed by atoms with Gasteiger partial charge in [-0.15, -0.1) is 0 Å². The average molecular weight is 519 g/mol. The summed E-state index contributed by atoms with van der Waals surface area (Å²) in [6.45, 7) is 14.9. The lowest BCUT2D eigenvalue weighted by molar-refractivity contribution is 0.0210. The third-order valence-corrected chi connectivity index (χ3v) is 7.69. The average Bonchev–Trinajstić information content (AvgIpc) is 3.48. The van der Waals surface area contributed by atoms with E-state index >= 15 is 0 Å². The van der Waals surface area contributed by atoms with E-state index in [1.165, 1.54) is 17.7 Å². The third-order valence-electron chi connectivity index (χ3n) is 7.69. The minimum absolute atomic E-state index is 0.218. The van der Waals surface area contributed by atoms with E-state index in [1.54, 1.807) is 0 Å². The second kappa shape index (κ2) is 10.1. The van der Waals surface area contributed by atoms with Crippen molar-refractivity contribution < 1.29 is 9.53 Å². The fraction of sp³-hybridized carbons (Fsp3) is 0.567. The number of nitrogens with zero attached hydrogens (tertiary/aromatic N) is 4. The molecule has 0 unspecified atom stereocenters. The van der Waals surface area contributed by atoms with Gasteiger partial charge in [-0.3, -0.25) is 9.78 Å². The first-order valence-electron chi connectivity index (χ1n) is 14.0. The number of anilines is 1. The summed E-state index contributed by atoms with van der Waals surface area (Å²) in [5.41, 5.74) is 7.72. The maximum Gasteiger partial charge on any atom is 0.410 e. The summed E-state index contributed by atoms with van der Waals surface area (Å²) in [5, 5.41) is 16.5. The number of piperidine rings is 1. The molecule has 3 heterocycles. The summed E-state index contributed by atoms with van der Waals surface area (Å²) in [5.74, 6) is 0. The molecule has 2 aliphatic rings. The number of carbonyl (C=O) groups excluding carboxylic acids is 1. The second-order valence-electron chi connectivity index (χ2n) is 12.6. The molecule has 0 spiro atoms. The Labute approximate surface area is 226 Å². The van der Waals surface area contributed by atoms with Crippen molar-refractivity contribution in [3.8, 4) is 22.6 Å². The van der Waals surface area contributed by atoms with Crippen LogP contribution in [0.15, 0.2) is 30.3 Å². The van der Waals surface area contributed by atoms with Gasteiger partial charge in [-0.25, -0.2) is 4.79 Å². The van der Waals surface area contributed by atoms with E-state index in [4.69, 9.17) is 9.84 Å². The minimum Gasteiger partial charge on any atom is -0.444 e. The zero-order chi connectivity index (χ0) is 27.1. The van der Waals surface area contributed by atoms with E-state index in [-0.39, 0.29) is 6.09 Å². The quantitative estimate of drug-likeness (QED) is 0.415. The van der Waals surface area contributed by atoms with Gasteiger partial charge in [-0.1, -0.05) is 26.0 Å². The number of likely N-dealkylation sites (tertiary alicyclic amines) is 1. The van der Waals surface area contributed by atoms with Crippen molar-refractivity contribution >= 4 is 11.8 Å². The highest BCUT2D eigenvalue weighted by Crippen LogP contribution is 2.39. The molecule has 38 heavy (non-hydrogen) atoms. The van der Waals surface area contributed by atoms with Crippen LogP contribution in [0.3, 0.4) is 0 Å². The summed E-state index contributed by atoms with van der Waals surface area (Å²) in [6, 6.07) is 10.9. The third kappa shape index (κ3) is 5.74. The Morgan fingerprint density at radius 3 is 2.55 bits per heavy atom. The molecular formula is C30H42N6O2. The first kappa shape index (κ1) is 26.3. The van der Waals surface area contributed by atoms with Crippen LogP contribution in [-0.4, -0.2) is 55.7 Å². The first-order chi connectivity index (χ1) is 18.0. The van der Waals surface area contributed by atoms with Gasteiger partial charge in [-0.05, 0) is 83.4 Å². The number of aromatic amines is 1. The number of nitrogens with one attached hydrogen (secondary N) is 2. The molecule has 1 amide bonds. The normalized spacial score (nSPS) is 17.8. The van der Waals surface area contributed by atoms with E-state index in [0.717, 1.165) is 60.6 Å². The molecule has 1 aliphatic carbocycles. The number of carbonyl (C=O) groups is 1. The molecule has 1 aromatic carbocycles. The molecule has 1 aliphatic heterocycles. The van der Waals surface area contributed by atoms with Crippen LogP contribution in [0.25, 0.3) is 22.6 Å². The molecule has 5 rings (SSSR count). The molecule has 204 valence electrons. The summed E-state index contributed by atoms with van der Waals surface area (Å²) in [6.07, 6.45) is 4.88. The van der Waals surface area contributed by atoms with Crippen LogP contribution in [0.1, 0.15) is 72.1 Å². The van der Waals surface area contributed by atoms with Crippen molar-refractivity contribution in [1.29, 1.82) is 0 Å². The Hall–Kier alpha value is -3.29. The predicted octanol–water partition coefficient (Wildman–Crippen LogP) is 6.29.